The number of carboxylic acids is 1. The highest BCUT2D eigenvalue weighted by Gasteiger charge is 2.31. The summed E-state index contributed by atoms with van der Waals surface area (Å²) in [5.41, 5.74) is -1.78. The highest BCUT2D eigenvalue weighted by molar-refractivity contribution is 5.92. The SMILES string of the molecule is O=C(O)c1cn(C2CC2)c2c(cc(F)c3nn(CN(N4CCCC4)N4CCCC4)c(=O)n32)c1=O. The Balaban J connectivity index is 1.54. The van der Waals surface area contributed by atoms with E-state index in [0.29, 0.717) is 0 Å². The highest BCUT2D eigenvalue weighted by atomic mass is 19.1. The fourth-order valence-corrected chi connectivity index (χ4v) is 5.17. The zero-order chi connectivity index (χ0) is 23.6. The maximum atomic E-state index is 15.1. The van der Waals surface area contributed by atoms with Crippen molar-refractivity contribution in [2.45, 2.75) is 51.2 Å². The van der Waals surface area contributed by atoms with Crippen LogP contribution < -0.4 is 11.1 Å². The van der Waals surface area contributed by atoms with Crippen LogP contribution in [-0.2, 0) is 6.67 Å². The van der Waals surface area contributed by atoms with Crippen molar-refractivity contribution in [3.05, 3.63) is 44.4 Å². The molecule has 0 atom stereocenters. The summed E-state index contributed by atoms with van der Waals surface area (Å²) in [6.07, 6.45) is 7.14. The number of nitrogens with zero attached hydrogens (tertiary/aromatic N) is 7. The van der Waals surface area contributed by atoms with Gasteiger partial charge in [0.05, 0.1) is 5.39 Å². The minimum atomic E-state index is -1.38. The standard InChI is InChI=1S/C22H26FN7O4/c23-17-11-15-18(31)16(21(32)33)12-27(14-5-6-14)20(15)30-19(17)24-28(22(30)34)13-29(25-7-1-2-8-25)26-9-3-4-10-26/h11-12,14H,1-10,13H2,(H,32,33). The van der Waals surface area contributed by atoms with Crippen LogP contribution in [0.5, 0.6) is 0 Å². The minimum absolute atomic E-state index is 0.0455. The molecule has 2 aliphatic heterocycles. The monoisotopic (exact) mass is 471 g/mol. The van der Waals surface area contributed by atoms with Gasteiger partial charge in [0.2, 0.25) is 5.43 Å². The number of hydrazine groups is 2. The molecule has 1 aliphatic carbocycles. The molecular weight excluding hydrogens is 445 g/mol. The molecule has 1 saturated carbocycles. The molecule has 6 rings (SSSR count). The van der Waals surface area contributed by atoms with Gasteiger partial charge in [-0.2, -0.15) is 9.80 Å². The Labute approximate surface area is 193 Å². The van der Waals surface area contributed by atoms with Crippen LogP contribution in [-0.4, -0.2) is 71.1 Å². The molecule has 0 amide bonds. The molecule has 3 fully saturated rings. The molecule has 0 aromatic carbocycles. The maximum Gasteiger partial charge on any atom is 0.353 e. The Morgan fingerprint density at radius 2 is 1.71 bits per heavy atom. The average molecular weight is 471 g/mol. The van der Waals surface area contributed by atoms with Gasteiger partial charge in [0, 0.05) is 38.4 Å². The zero-order valence-electron chi connectivity index (χ0n) is 18.7. The van der Waals surface area contributed by atoms with Crippen LogP contribution in [0.3, 0.4) is 0 Å². The number of hydrogen-bond donors (Lipinski definition) is 1. The molecule has 0 unspecified atom stereocenters. The van der Waals surface area contributed by atoms with Gasteiger partial charge in [-0.1, -0.05) is 0 Å². The lowest BCUT2D eigenvalue weighted by Gasteiger charge is -2.37. The lowest BCUT2D eigenvalue weighted by atomic mass is 10.2. The molecule has 180 valence electrons. The van der Waals surface area contributed by atoms with Gasteiger partial charge in [0.25, 0.3) is 0 Å². The van der Waals surface area contributed by atoms with Gasteiger partial charge in [0.15, 0.2) is 11.5 Å². The largest absolute Gasteiger partial charge is 0.477 e. The van der Waals surface area contributed by atoms with Crippen LogP contribution >= 0.6 is 0 Å². The topological polar surface area (TPSA) is 108 Å². The van der Waals surface area contributed by atoms with Gasteiger partial charge in [0.1, 0.15) is 17.9 Å². The van der Waals surface area contributed by atoms with Gasteiger partial charge < -0.3 is 9.67 Å². The van der Waals surface area contributed by atoms with E-state index in [1.54, 1.807) is 4.57 Å². The number of fused-ring (bicyclic) bond motifs is 3. The summed E-state index contributed by atoms with van der Waals surface area (Å²) in [6.45, 7) is 3.68. The predicted molar refractivity (Wildman–Crippen MR) is 120 cm³/mol. The Morgan fingerprint density at radius 1 is 1.09 bits per heavy atom. The third-order valence-corrected chi connectivity index (χ3v) is 7.03. The van der Waals surface area contributed by atoms with Crippen molar-refractivity contribution in [1.29, 1.82) is 0 Å². The van der Waals surface area contributed by atoms with Crippen LogP contribution in [0.25, 0.3) is 16.7 Å². The molecule has 1 N–H and O–H groups in total. The van der Waals surface area contributed by atoms with Crippen molar-refractivity contribution >= 4 is 22.6 Å². The molecule has 11 nitrogen and oxygen atoms in total. The number of rotatable bonds is 6. The Kier molecular flexibility index (Phi) is 5.04. The first-order valence-electron chi connectivity index (χ1n) is 11.8. The van der Waals surface area contributed by atoms with Crippen LogP contribution in [0.15, 0.2) is 21.9 Å². The molecule has 0 spiro atoms. The van der Waals surface area contributed by atoms with E-state index in [1.165, 1.54) is 10.9 Å². The second-order valence-electron chi connectivity index (χ2n) is 9.32. The Hall–Kier alpha value is -3.09. The van der Waals surface area contributed by atoms with E-state index in [9.17, 15) is 19.5 Å². The lowest BCUT2D eigenvalue weighted by Crippen LogP contribution is -2.52. The van der Waals surface area contributed by atoms with Crippen LogP contribution in [0.1, 0.15) is 54.9 Å². The molecule has 5 heterocycles. The highest BCUT2D eigenvalue weighted by Crippen LogP contribution is 2.37. The number of aromatic nitrogens is 4. The molecule has 3 aromatic rings. The van der Waals surface area contributed by atoms with E-state index >= 15 is 4.39 Å². The maximum absolute atomic E-state index is 15.1. The first kappa shape index (κ1) is 21.4. The smallest absolute Gasteiger partial charge is 0.353 e. The quantitative estimate of drug-likeness (QED) is 0.573. The lowest BCUT2D eigenvalue weighted by molar-refractivity contribution is -0.189. The number of pyridine rings is 2. The third kappa shape index (κ3) is 3.36. The van der Waals surface area contributed by atoms with Crippen LogP contribution in [0.2, 0.25) is 0 Å². The first-order valence-corrected chi connectivity index (χ1v) is 11.8. The molecule has 0 bridgehead atoms. The number of hydrogen-bond acceptors (Lipinski definition) is 7. The third-order valence-electron chi connectivity index (χ3n) is 7.03. The molecule has 2 saturated heterocycles. The molecular formula is C22H26FN7O4. The van der Waals surface area contributed by atoms with Gasteiger partial charge in [-0.15, -0.1) is 5.10 Å². The number of halogens is 1. The number of carbonyl (C=O) groups is 1. The second-order valence-corrected chi connectivity index (χ2v) is 9.32. The van der Waals surface area contributed by atoms with Crippen molar-refractivity contribution in [2.24, 2.45) is 0 Å². The van der Waals surface area contributed by atoms with E-state index in [4.69, 9.17) is 0 Å². The second kappa shape index (κ2) is 8.00. The van der Waals surface area contributed by atoms with E-state index < -0.39 is 28.5 Å². The number of carboxylic acid groups (broad SMARTS) is 1. The van der Waals surface area contributed by atoms with Crippen LogP contribution in [0.4, 0.5) is 4.39 Å². The molecule has 34 heavy (non-hydrogen) atoms. The molecule has 0 radical (unpaired) electrons. The van der Waals surface area contributed by atoms with E-state index in [2.05, 4.69) is 15.1 Å². The summed E-state index contributed by atoms with van der Waals surface area (Å²) >= 11 is 0. The molecule has 3 aromatic heterocycles. The summed E-state index contributed by atoms with van der Waals surface area (Å²) < 4.78 is 19.1. The summed E-state index contributed by atoms with van der Waals surface area (Å²) in [7, 11) is 0. The van der Waals surface area contributed by atoms with Crippen molar-refractivity contribution in [2.75, 3.05) is 26.2 Å². The van der Waals surface area contributed by atoms with Crippen LogP contribution in [0, 0.1) is 5.82 Å². The molecule has 3 aliphatic rings. The molecule has 12 heteroatoms. The van der Waals surface area contributed by atoms with Crippen molar-refractivity contribution in [3.8, 4) is 0 Å². The van der Waals surface area contributed by atoms with Gasteiger partial charge >= 0.3 is 11.7 Å². The van der Waals surface area contributed by atoms with E-state index in [-0.39, 0.29) is 29.4 Å². The summed E-state index contributed by atoms with van der Waals surface area (Å²) in [5, 5.41) is 20.1. The number of aromatic carboxylic acids is 1. The van der Waals surface area contributed by atoms with E-state index in [0.717, 1.165) is 75.2 Å². The van der Waals surface area contributed by atoms with Gasteiger partial charge in [-0.3, -0.25) is 4.79 Å². The van der Waals surface area contributed by atoms with Crippen molar-refractivity contribution < 1.29 is 14.3 Å². The Morgan fingerprint density at radius 3 is 2.26 bits per heavy atom. The van der Waals surface area contributed by atoms with E-state index in [1.807, 2.05) is 5.12 Å². The van der Waals surface area contributed by atoms with Gasteiger partial charge in [-0.05, 0) is 44.6 Å². The Bertz CT molecular complexity index is 1390. The van der Waals surface area contributed by atoms with Gasteiger partial charge in [-0.25, -0.2) is 28.4 Å². The van der Waals surface area contributed by atoms with Crippen molar-refractivity contribution in [1.82, 2.24) is 33.9 Å². The summed E-state index contributed by atoms with van der Waals surface area (Å²) in [4.78, 5) is 38.1. The average Bonchev–Trinajstić information content (AvgIpc) is 3.18. The van der Waals surface area contributed by atoms with Crippen molar-refractivity contribution in [3.63, 3.8) is 0 Å². The summed E-state index contributed by atoms with van der Waals surface area (Å²) in [6, 6.07) is 0.962. The first-order chi connectivity index (χ1) is 16.4. The summed E-state index contributed by atoms with van der Waals surface area (Å²) in [5.74, 6) is -2.21. The predicted octanol–water partition coefficient (Wildman–Crippen LogP) is 1.26. The fourth-order valence-electron chi connectivity index (χ4n) is 5.17. The minimum Gasteiger partial charge on any atom is -0.477 e. The zero-order valence-corrected chi connectivity index (χ0v) is 18.7. The normalized spacial score (nSPS) is 19.8. The fraction of sp³-hybridized carbons (Fsp3) is 0.545.